The van der Waals surface area contributed by atoms with Crippen LogP contribution in [0.4, 0.5) is 5.69 Å². The molecule has 1 atom stereocenters. The smallest absolute Gasteiger partial charge is 0.331 e. The van der Waals surface area contributed by atoms with E-state index in [1.165, 1.54) is 23.8 Å². The largest absolute Gasteiger partial charge is 0.452 e. The number of hydrogen-bond acceptors (Lipinski definition) is 5. The minimum Gasteiger partial charge on any atom is -0.452 e. The van der Waals surface area contributed by atoms with Gasteiger partial charge < -0.3 is 10.1 Å². The van der Waals surface area contributed by atoms with Crippen LogP contribution in [0.3, 0.4) is 0 Å². The van der Waals surface area contributed by atoms with Gasteiger partial charge >= 0.3 is 5.97 Å². The fraction of sp³-hybridized carbons (Fsp3) is 0.238. The summed E-state index contributed by atoms with van der Waals surface area (Å²) in [5.74, 6) is -1.12. The number of ether oxygens (including phenoxy) is 1. The maximum Gasteiger partial charge on any atom is 0.331 e. The Bertz CT molecular complexity index is 923. The zero-order valence-corrected chi connectivity index (χ0v) is 15.2. The number of nitro benzene ring substituents is 1. The van der Waals surface area contributed by atoms with E-state index in [2.05, 4.69) is 11.4 Å². The van der Waals surface area contributed by atoms with Crippen LogP contribution in [-0.4, -0.2) is 23.4 Å². The molecule has 0 bridgehead atoms. The highest BCUT2D eigenvalue weighted by atomic mass is 16.6. The fourth-order valence-electron chi connectivity index (χ4n) is 3.28. The Balaban J connectivity index is 1.53. The lowest BCUT2D eigenvalue weighted by atomic mass is 9.88. The number of para-hydroxylation sites is 1. The van der Waals surface area contributed by atoms with Gasteiger partial charge in [-0.05, 0) is 42.5 Å². The van der Waals surface area contributed by atoms with Crippen molar-refractivity contribution in [1.82, 2.24) is 5.32 Å². The van der Waals surface area contributed by atoms with Crippen molar-refractivity contribution in [2.24, 2.45) is 0 Å². The highest BCUT2D eigenvalue weighted by Crippen LogP contribution is 2.29. The zero-order valence-electron chi connectivity index (χ0n) is 15.2. The number of benzene rings is 2. The first kappa shape index (κ1) is 19.3. The van der Waals surface area contributed by atoms with Gasteiger partial charge in [0, 0.05) is 12.1 Å². The van der Waals surface area contributed by atoms with E-state index in [0.717, 1.165) is 30.9 Å². The van der Waals surface area contributed by atoms with Crippen molar-refractivity contribution in [3.8, 4) is 0 Å². The van der Waals surface area contributed by atoms with Crippen LogP contribution >= 0.6 is 0 Å². The summed E-state index contributed by atoms with van der Waals surface area (Å²) in [5.41, 5.74) is 2.50. The van der Waals surface area contributed by atoms with Crippen molar-refractivity contribution < 1.29 is 19.2 Å². The number of esters is 1. The Morgan fingerprint density at radius 3 is 2.75 bits per heavy atom. The van der Waals surface area contributed by atoms with Crippen molar-refractivity contribution in [2.45, 2.75) is 25.3 Å². The molecular weight excluding hydrogens is 360 g/mol. The summed E-state index contributed by atoms with van der Waals surface area (Å²) in [5, 5.41) is 13.9. The average molecular weight is 380 g/mol. The molecule has 0 spiro atoms. The van der Waals surface area contributed by atoms with Gasteiger partial charge in [0.15, 0.2) is 6.61 Å². The number of carbonyl (C=O) groups is 2. The fourth-order valence-corrected chi connectivity index (χ4v) is 3.28. The molecule has 0 aromatic heterocycles. The molecule has 1 N–H and O–H groups in total. The molecule has 7 heteroatoms. The van der Waals surface area contributed by atoms with Crippen molar-refractivity contribution in [1.29, 1.82) is 0 Å². The predicted octanol–water partition coefficient (Wildman–Crippen LogP) is 3.35. The molecule has 0 unspecified atom stereocenters. The minimum absolute atomic E-state index is 0.0846. The maximum atomic E-state index is 12.1. The maximum absolute atomic E-state index is 12.1. The van der Waals surface area contributed by atoms with Gasteiger partial charge in [0.1, 0.15) is 0 Å². The highest BCUT2D eigenvalue weighted by Gasteiger charge is 2.21. The van der Waals surface area contributed by atoms with Gasteiger partial charge in [-0.1, -0.05) is 36.4 Å². The Labute approximate surface area is 162 Å². The number of nitrogens with zero attached hydrogens (tertiary/aromatic N) is 1. The molecule has 1 amide bonds. The molecule has 0 saturated carbocycles. The topological polar surface area (TPSA) is 98.5 Å². The molecular formula is C21H20N2O5. The zero-order chi connectivity index (χ0) is 19.9. The first-order valence-electron chi connectivity index (χ1n) is 9.00. The van der Waals surface area contributed by atoms with Gasteiger partial charge in [-0.15, -0.1) is 0 Å². The third-order valence-corrected chi connectivity index (χ3v) is 4.58. The van der Waals surface area contributed by atoms with Crippen LogP contribution in [0.1, 0.15) is 35.6 Å². The van der Waals surface area contributed by atoms with Crippen LogP contribution in [0.5, 0.6) is 0 Å². The number of carbonyl (C=O) groups excluding carboxylic acids is 2. The van der Waals surface area contributed by atoms with Crippen LogP contribution in [-0.2, 0) is 20.7 Å². The number of nitrogens with one attached hydrogen (secondary N) is 1. The van der Waals surface area contributed by atoms with Crippen molar-refractivity contribution in [3.63, 3.8) is 0 Å². The van der Waals surface area contributed by atoms with E-state index >= 15 is 0 Å². The van der Waals surface area contributed by atoms with Crippen molar-refractivity contribution in [3.05, 3.63) is 81.4 Å². The molecule has 0 fully saturated rings. The standard InChI is InChI=1S/C21H20N2O5/c24-20(22-18-10-5-8-15-6-1-3-9-17(15)18)14-28-21(25)13-12-16-7-2-4-11-19(16)23(26)27/h1-4,6-7,9,11-13,18H,5,8,10,14H2,(H,22,24)/b13-12+/t18-/m0/s1. The lowest BCUT2D eigenvalue weighted by Gasteiger charge is -2.26. The number of fused-ring (bicyclic) bond motifs is 1. The van der Waals surface area contributed by atoms with Crippen LogP contribution in [0.25, 0.3) is 6.08 Å². The normalized spacial score (nSPS) is 15.6. The predicted molar refractivity (Wildman–Crippen MR) is 103 cm³/mol. The van der Waals surface area contributed by atoms with Crippen molar-refractivity contribution in [2.75, 3.05) is 6.61 Å². The first-order chi connectivity index (χ1) is 13.5. The van der Waals surface area contributed by atoms with Gasteiger partial charge in [0.05, 0.1) is 16.5 Å². The summed E-state index contributed by atoms with van der Waals surface area (Å²) < 4.78 is 4.95. The van der Waals surface area contributed by atoms with E-state index in [1.807, 2.05) is 18.2 Å². The molecule has 1 aliphatic rings. The third-order valence-electron chi connectivity index (χ3n) is 4.58. The van der Waals surface area contributed by atoms with E-state index in [9.17, 15) is 19.7 Å². The number of amides is 1. The monoisotopic (exact) mass is 380 g/mol. The van der Waals surface area contributed by atoms with Gasteiger partial charge in [0.25, 0.3) is 11.6 Å². The molecule has 2 aromatic carbocycles. The summed E-state index contributed by atoms with van der Waals surface area (Å²) in [7, 11) is 0. The Hall–Kier alpha value is -3.48. The molecule has 28 heavy (non-hydrogen) atoms. The minimum atomic E-state index is -0.739. The Morgan fingerprint density at radius 1 is 1.18 bits per heavy atom. The molecule has 0 radical (unpaired) electrons. The summed E-state index contributed by atoms with van der Waals surface area (Å²) >= 11 is 0. The molecule has 0 aliphatic heterocycles. The Kier molecular flexibility index (Phi) is 6.16. The van der Waals surface area contributed by atoms with Crippen LogP contribution < -0.4 is 5.32 Å². The third kappa shape index (κ3) is 4.82. The van der Waals surface area contributed by atoms with Crippen molar-refractivity contribution >= 4 is 23.6 Å². The summed E-state index contributed by atoms with van der Waals surface area (Å²) in [6.45, 7) is -0.404. The second-order valence-electron chi connectivity index (χ2n) is 6.47. The highest BCUT2D eigenvalue weighted by molar-refractivity contribution is 5.90. The number of nitro groups is 1. The molecule has 0 saturated heterocycles. The second kappa shape index (κ2) is 8.94. The SMILES string of the molecule is O=C(COC(=O)/C=C/c1ccccc1[N+](=O)[O-])N[C@H]1CCCc2ccccc21. The van der Waals surface area contributed by atoms with E-state index in [0.29, 0.717) is 0 Å². The first-order valence-corrected chi connectivity index (χ1v) is 9.00. The molecule has 7 nitrogen and oxygen atoms in total. The number of rotatable bonds is 6. The van der Waals surface area contributed by atoms with Gasteiger partial charge in [0.2, 0.25) is 0 Å². The van der Waals surface area contributed by atoms with Crippen LogP contribution in [0.2, 0.25) is 0 Å². The molecule has 3 rings (SSSR count). The lowest BCUT2D eigenvalue weighted by molar-refractivity contribution is -0.385. The second-order valence-corrected chi connectivity index (χ2v) is 6.47. The average Bonchev–Trinajstić information content (AvgIpc) is 2.71. The van der Waals surface area contributed by atoms with E-state index in [1.54, 1.807) is 12.1 Å². The summed E-state index contributed by atoms with van der Waals surface area (Å²) in [6, 6.07) is 13.9. The quantitative estimate of drug-likeness (QED) is 0.359. The van der Waals surface area contributed by atoms with Crippen LogP contribution in [0.15, 0.2) is 54.6 Å². The van der Waals surface area contributed by atoms with Gasteiger partial charge in [-0.25, -0.2) is 4.79 Å². The van der Waals surface area contributed by atoms with Gasteiger partial charge in [-0.2, -0.15) is 0 Å². The van der Waals surface area contributed by atoms with E-state index in [-0.39, 0.29) is 23.2 Å². The molecule has 0 heterocycles. The Morgan fingerprint density at radius 2 is 1.93 bits per heavy atom. The number of aryl methyl sites for hydroxylation is 1. The lowest BCUT2D eigenvalue weighted by Crippen LogP contribution is -2.34. The summed E-state index contributed by atoms with van der Waals surface area (Å²) in [6.07, 6.45) is 5.20. The van der Waals surface area contributed by atoms with Gasteiger partial charge in [-0.3, -0.25) is 14.9 Å². The van der Waals surface area contributed by atoms with E-state index in [4.69, 9.17) is 4.74 Å². The van der Waals surface area contributed by atoms with E-state index < -0.39 is 17.5 Å². The van der Waals surface area contributed by atoms with Crippen LogP contribution in [0, 0.1) is 10.1 Å². The summed E-state index contributed by atoms with van der Waals surface area (Å²) in [4.78, 5) is 34.4. The number of hydrogen-bond donors (Lipinski definition) is 1. The molecule has 144 valence electrons. The molecule has 2 aromatic rings. The molecule has 1 aliphatic carbocycles.